The number of nitrogens with zero attached hydrogens (tertiary/aromatic N) is 2. The maximum atomic E-state index is 13.2. The van der Waals surface area contributed by atoms with E-state index in [4.69, 9.17) is 4.42 Å². The molecule has 0 saturated carbocycles. The number of amides is 1. The number of fused-ring (bicyclic) bond motifs is 2. The number of hydrogen-bond donors (Lipinski definition) is 0. The summed E-state index contributed by atoms with van der Waals surface area (Å²) in [5.41, 5.74) is 5.15. The summed E-state index contributed by atoms with van der Waals surface area (Å²) in [5, 5.41) is 1.02. The third kappa shape index (κ3) is 2.58. The molecule has 2 heterocycles. The predicted molar refractivity (Wildman–Crippen MR) is 100 cm³/mol. The quantitative estimate of drug-likeness (QED) is 0.671. The van der Waals surface area contributed by atoms with Crippen LogP contribution in [0.4, 0.5) is 5.69 Å². The van der Waals surface area contributed by atoms with E-state index in [0.717, 1.165) is 28.6 Å². The smallest absolute Gasteiger partial charge is 0.290 e. The topological polar surface area (TPSA) is 36.7 Å². The molecule has 0 aliphatic carbocycles. The highest BCUT2D eigenvalue weighted by atomic mass is 16.3. The van der Waals surface area contributed by atoms with Crippen LogP contribution in [0.1, 0.15) is 27.2 Å². The Morgan fingerprint density at radius 1 is 1.04 bits per heavy atom. The normalized spacial score (nSPS) is 14.5. The van der Waals surface area contributed by atoms with Crippen LogP contribution in [-0.2, 0) is 6.54 Å². The van der Waals surface area contributed by atoms with Crippen LogP contribution in [0.2, 0.25) is 0 Å². The molecule has 0 N–H and O–H groups in total. The summed E-state index contributed by atoms with van der Waals surface area (Å²) in [6.45, 7) is 6.07. The van der Waals surface area contributed by atoms with E-state index in [-0.39, 0.29) is 5.91 Å². The molecule has 128 valence electrons. The van der Waals surface area contributed by atoms with Gasteiger partial charge < -0.3 is 14.2 Å². The van der Waals surface area contributed by atoms with Gasteiger partial charge in [0, 0.05) is 43.3 Å². The van der Waals surface area contributed by atoms with Gasteiger partial charge in [-0.1, -0.05) is 36.4 Å². The van der Waals surface area contributed by atoms with E-state index in [2.05, 4.69) is 24.1 Å². The third-order valence-electron chi connectivity index (χ3n) is 5.11. The molecule has 1 aliphatic heterocycles. The minimum Gasteiger partial charge on any atom is -0.450 e. The van der Waals surface area contributed by atoms with E-state index in [9.17, 15) is 4.79 Å². The lowest BCUT2D eigenvalue weighted by atomic mass is 10.1. The van der Waals surface area contributed by atoms with Crippen molar-refractivity contribution in [2.24, 2.45) is 0 Å². The van der Waals surface area contributed by atoms with Gasteiger partial charge in [-0.15, -0.1) is 0 Å². The number of likely N-dealkylation sites (N-methyl/N-ethyl adjacent to an activating group) is 1. The van der Waals surface area contributed by atoms with E-state index in [0.29, 0.717) is 18.8 Å². The first-order valence-corrected chi connectivity index (χ1v) is 8.63. The number of rotatable bonds is 1. The van der Waals surface area contributed by atoms with Gasteiger partial charge >= 0.3 is 0 Å². The monoisotopic (exact) mass is 334 g/mol. The van der Waals surface area contributed by atoms with Crippen molar-refractivity contribution in [2.45, 2.75) is 20.4 Å². The largest absolute Gasteiger partial charge is 0.450 e. The van der Waals surface area contributed by atoms with Gasteiger partial charge in [0.1, 0.15) is 5.58 Å². The van der Waals surface area contributed by atoms with Crippen molar-refractivity contribution < 1.29 is 9.21 Å². The van der Waals surface area contributed by atoms with Gasteiger partial charge in [-0.25, -0.2) is 0 Å². The van der Waals surface area contributed by atoms with Gasteiger partial charge in [-0.2, -0.15) is 0 Å². The van der Waals surface area contributed by atoms with Crippen molar-refractivity contribution in [1.29, 1.82) is 0 Å². The Morgan fingerprint density at radius 3 is 2.64 bits per heavy atom. The van der Waals surface area contributed by atoms with Gasteiger partial charge in [0.2, 0.25) is 0 Å². The number of hydrogen-bond acceptors (Lipinski definition) is 3. The van der Waals surface area contributed by atoms with E-state index in [1.165, 1.54) is 11.3 Å². The first-order chi connectivity index (χ1) is 12.1. The lowest BCUT2D eigenvalue weighted by Crippen LogP contribution is -2.34. The van der Waals surface area contributed by atoms with E-state index < -0.39 is 0 Å². The molecule has 4 heteroatoms. The summed E-state index contributed by atoms with van der Waals surface area (Å²) in [4.78, 5) is 17.3. The molecule has 0 unspecified atom stereocenters. The van der Waals surface area contributed by atoms with Gasteiger partial charge in [-0.05, 0) is 31.0 Å². The predicted octanol–water partition coefficient (Wildman–Crippen LogP) is 4.14. The number of carbonyl (C=O) groups is 1. The standard InChI is InChI=1S/C21H22N2O2/c1-14-7-6-9-17-15(2)20(25-19(14)17)21(24)23-12-11-22(3)18-10-5-4-8-16(18)13-23/h4-10H,11-13H2,1-3H3. The minimum absolute atomic E-state index is 0.0294. The van der Waals surface area contributed by atoms with E-state index >= 15 is 0 Å². The zero-order valence-corrected chi connectivity index (χ0v) is 14.9. The van der Waals surface area contributed by atoms with Crippen molar-refractivity contribution in [1.82, 2.24) is 4.90 Å². The molecule has 0 spiro atoms. The molecule has 3 aromatic rings. The number of aryl methyl sites for hydroxylation is 2. The van der Waals surface area contributed by atoms with Crippen molar-refractivity contribution in [3.8, 4) is 0 Å². The zero-order chi connectivity index (χ0) is 17.6. The number of para-hydroxylation sites is 2. The summed E-state index contributed by atoms with van der Waals surface area (Å²) in [6, 6.07) is 14.3. The summed E-state index contributed by atoms with van der Waals surface area (Å²) >= 11 is 0. The first kappa shape index (κ1) is 15.8. The van der Waals surface area contributed by atoms with Crippen LogP contribution in [0.3, 0.4) is 0 Å². The van der Waals surface area contributed by atoms with Crippen LogP contribution in [-0.4, -0.2) is 30.9 Å². The Balaban J connectivity index is 1.72. The molecule has 1 amide bonds. The molecule has 25 heavy (non-hydrogen) atoms. The molecule has 0 bridgehead atoms. The molecule has 4 nitrogen and oxygen atoms in total. The Labute approximate surface area is 147 Å². The van der Waals surface area contributed by atoms with Crippen LogP contribution in [0.25, 0.3) is 11.0 Å². The molecule has 4 rings (SSSR count). The molecule has 0 fully saturated rings. The van der Waals surface area contributed by atoms with Crippen molar-refractivity contribution in [3.05, 3.63) is 64.9 Å². The number of furan rings is 1. The van der Waals surface area contributed by atoms with Gasteiger partial charge in [-0.3, -0.25) is 4.79 Å². The van der Waals surface area contributed by atoms with Crippen LogP contribution in [0.5, 0.6) is 0 Å². The van der Waals surface area contributed by atoms with Crippen LogP contribution < -0.4 is 4.90 Å². The van der Waals surface area contributed by atoms with Crippen molar-refractivity contribution >= 4 is 22.6 Å². The number of carbonyl (C=O) groups excluding carboxylic acids is 1. The molecule has 1 aliphatic rings. The fourth-order valence-electron chi connectivity index (χ4n) is 3.60. The van der Waals surface area contributed by atoms with Crippen LogP contribution >= 0.6 is 0 Å². The summed E-state index contributed by atoms with van der Waals surface area (Å²) in [6.07, 6.45) is 0. The van der Waals surface area contributed by atoms with Crippen LogP contribution in [0.15, 0.2) is 46.9 Å². The second kappa shape index (κ2) is 5.96. The maximum absolute atomic E-state index is 13.2. The van der Waals surface area contributed by atoms with Gasteiger partial charge in [0.25, 0.3) is 5.91 Å². The second-order valence-corrected chi connectivity index (χ2v) is 6.78. The van der Waals surface area contributed by atoms with Crippen molar-refractivity contribution in [3.63, 3.8) is 0 Å². The lowest BCUT2D eigenvalue weighted by Gasteiger charge is -2.20. The average molecular weight is 334 g/mol. The molecule has 1 aromatic heterocycles. The molecule has 2 aromatic carbocycles. The minimum atomic E-state index is -0.0294. The second-order valence-electron chi connectivity index (χ2n) is 6.78. The first-order valence-electron chi connectivity index (χ1n) is 8.63. The summed E-state index contributed by atoms with van der Waals surface area (Å²) in [5.74, 6) is 0.435. The highest BCUT2D eigenvalue weighted by Crippen LogP contribution is 2.30. The summed E-state index contributed by atoms with van der Waals surface area (Å²) < 4.78 is 6.00. The molecule has 0 radical (unpaired) electrons. The van der Waals surface area contributed by atoms with Crippen molar-refractivity contribution in [2.75, 3.05) is 25.0 Å². The molecular formula is C21H22N2O2. The third-order valence-corrected chi connectivity index (χ3v) is 5.11. The Bertz CT molecular complexity index is 958. The van der Waals surface area contributed by atoms with E-state index in [1.54, 1.807) is 0 Å². The highest BCUT2D eigenvalue weighted by Gasteiger charge is 2.26. The Hall–Kier alpha value is -2.75. The van der Waals surface area contributed by atoms with Gasteiger partial charge in [0.05, 0.1) is 0 Å². The SMILES string of the molecule is Cc1c(C(=O)N2CCN(C)c3ccccc3C2)oc2c(C)cccc12. The van der Waals surface area contributed by atoms with Crippen LogP contribution in [0, 0.1) is 13.8 Å². The lowest BCUT2D eigenvalue weighted by molar-refractivity contribution is 0.0721. The van der Waals surface area contributed by atoms with Gasteiger partial charge in [0.15, 0.2) is 5.76 Å². The zero-order valence-electron chi connectivity index (χ0n) is 14.9. The molecule has 0 atom stereocenters. The Kier molecular flexibility index (Phi) is 3.75. The van der Waals surface area contributed by atoms with E-state index in [1.807, 2.05) is 49.1 Å². The Morgan fingerprint density at radius 2 is 1.84 bits per heavy atom. The molecule has 0 saturated heterocycles. The molecular weight excluding hydrogens is 312 g/mol. The fourth-order valence-corrected chi connectivity index (χ4v) is 3.60. The average Bonchev–Trinajstić information content (AvgIpc) is 2.86. The highest BCUT2D eigenvalue weighted by molar-refractivity contribution is 5.99. The fraction of sp³-hybridized carbons (Fsp3) is 0.286. The number of anilines is 1. The number of benzene rings is 2. The summed E-state index contributed by atoms with van der Waals surface area (Å²) in [7, 11) is 2.07. The maximum Gasteiger partial charge on any atom is 0.290 e.